The van der Waals surface area contributed by atoms with E-state index in [1.165, 1.54) is 0 Å². The van der Waals surface area contributed by atoms with Crippen molar-refractivity contribution in [1.82, 2.24) is 10.6 Å². The predicted molar refractivity (Wildman–Crippen MR) is 102 cm³/mol. The lowest BCUT2D eigenvalue weighted by molar-refractivity contribution is -0.366. The largest absolute Gasteiger partial charge is 0.456 e. The molecule has 140 valence electrons. The molecule has 0 spiro atoms. The van der Waals surface area contributed by atoms with Crippen molar-refractivity contribution in [3.63, 3.8) is 0 Å². The van der Waals surface area contributed by atoms with E-state index in [2.05, 4.69) is 16.4 Å². The van der Waals surface area contributed by atoms with Crippen molar-refractivity contribution in [2.75, 3.05) is 19.6 Å². The van der Waals surface area contributed by atoms with E-state index >= 15 is 0 Å². The molecule has 0 saturated carbocycles. The van der Waals surface area contributed by atoms with E-state index in [0.29, 0.717) is 60.0 Å². The van der Waals surface area contributed by atoms with Crippen molar-refractivity contribution in [2.24, 2.45) is 0 Å². The first-order chi connectivity index (χ1) is 13.1. The number of fused-ring (bicyclic) bond motifs is 2. The molecule has 27 heavy (non-hydrogen) atoms. The van der Waals surface area contributed by atoms with Gasteiger partial charge in [0.25, 0.3) is 5.91 Å². The molecule has 0 aliphatic rings. The van der Waals surface area contributed by atoms with Crippen LogP contribution in [0.25, 0.3) is 21.9 Å². The Bertz CT molecular complexity index is 1040. The van der Waals surface area contributed by atoms with E-state index in [0.717, 1.165) is 0 Å². The molecular formula is C20H22N3O4+. The summed E-state index contributed by atoms with van der Waals surface area (Å²) in [6.07, 6.45) is 1.02. The molecule has 0 aliphatic heterocycles. The van der Waals surface area contributed by atoms with Crippen LogP contribution < -0.4 is 21.8 Å². The van der Waals surface area contributed by atoms with Crippen LogP contribution >= 0.6 is 0 Å². The smallest absolute Gasteiger partial charge is 0.251 e. The Hall–Kier alpha value is -3.19. The van der Waals surface area contributed by atoms with Crippen LogP contribution in [0.4, 0.5) is 0 Å². The number of benzene rings is 2. The molecule has 5 N–H and O–H groups in total. The number of carbonyl (C=O) groups is 2. The van der Waals surface area contributed by atoms with Crippen molar-refractivity contribution in [2.45, 2.75) is 12.8 Å². The number of hydrogen-bond donors (Lipinski definition) is 3. The van der Waals surface area contributed by atoms with Crippen molar-refractivity contribution < 1.29 is 19.7 Å². The lowest BCUT2D eigenvalue weighted by atomic mass is 10.1. The number of amides is 2. The van der Waals surface area contributed by atoms with Crippen LogP contribution in [0.1, 0.15) is 23.2 Å². The molecule has 7 heteroatoms. The van der Waals surface area contributed by atoms with E-state index < -0.39 is 0 Å². The molecule has 0 aliphatic carbocycles. The highest BCUT2D eigenvalue weighted by molar-refractivity contribution is 5.99. The number of rotatable bonds is 7. The van der Waals surface area contributed by atoms with Crippen LogP contribution in [-0.2, 0) is 4.79 Å². The van der Waals surface area contributed by atoms with Gasteiger partial charge in [-0.3, -0.25) is 14.4 Å². The fourth-order valence-electron chi connectivity index (χ4n) is 2.81. The maximum absolute atomic E-state index is 12.6. The molecule has 3 rings (SSSR count). The van der Waals surface area contributed by atoms with Crippen molar-refractivity contribution in [3.05, 3.63) is 58.3 Å². The van der Waals surface area contributed by atoms with Gasteiger partial charge in [-0.05, 0) is 36.8 Å². The summed E-state index contributed by atoms with van der Waals surface area (Å²) >= 11 is 0. The topological polar surface area (TPSA) is 116 Å². The normalized spacial score (nSPS) is 10.9. The summed E-state index contributed by atoms with van der Waals surface area (Å²) in [6, 6.07) is 11.8. The molecule has 1 heterocycles. The summed E-state index contributed by atoms with van der Waals surface area (Å²) < 4.78 is 5.74. The van der Waals surface area contributed by atoms with Crippen molar-refractivity contribution in [1.29, 1.82) is 0 Å². The molecule has 3 aromatic rings. The second-order valence-corrected chi connectivity index (χ2v) is 6.20. The van der Waals surface area contributed by atoms with E-state index in [1.807, 2.05) is 0 Å². The number of hydrogen-bond acceptors (Lipinski definition) is 4. The lowest BCUT2D eigenvalue weighted by Crippen LogP contribution is -2.51. The van der Waals surface area contributed by atoms with Gasteiger partial charge in [-0.1, -0.05) is 12.1 Å². The van der Waals surface area contributed by atoms with Gasteiger partial charge in [0.1, 0.15) is 11.2 Å². The fraction of sp³-hybridized carbons (Fsp3) is 0.250. The Morgan fingerprint density at radius 2 is 1.70 bits per heavy atom. The highest BCUT2D eigenvalue weighted by Crippen LogP contribution is 2.19. The van der Waals surface area contributed by atoms with Crippen LogP contribution in [0, 0.1) is 0 Å². The quantitative estimate of drug-likeness (QED) is 0.423. The predicted octanol–water partition coefficient (Wildman–Crippen LogP) is 0.814. The van der Waals surface area contributed by atoms with Gasteiger partial charge in [0, 0.05) is 18.7 Å². The molecule has 0 saturated heterocycles. The average Bonchev–Trinajstić information content (AvgIpc) is 2.68. The average molecular weight is 368 g/mol. The molecular weight excluding hydrogens is 346 g/mol. The van der Waals surface area contributed by atoms with Gasteiger partial charge in [0.2, 0.25) is 11.3 Å². The standard InChI is InChI=1S/C20H21N3O4/c21-9-8-18(24)22-10-3-11-23-20(26)13-6-7-17-15(12-13)19(25)14-4-1-2-5-16(14)27-17/h1-2,4-7,12H,3,8-11,21H2,(H,22,24)(H,23,26)/p+1. The molecule has 2 amide bonds. The summed E-state index contributed by atoms with van der Waals surface area (Å²) in [7, 11) is 0. The third kappa shape index (κ3) is 4.32. The van der Waals surface area contributed by atoms with Crippen LogP contribution in [0.3, 0.4) is 0 Å². The maximum atomic E-state index is 12.6. The number of para-hydroxylation sites is 1. The first-order valence-corrected chi connectivity index (χ1v) is 8.90. The maximum Gasteiger partial charge on any atom is 0.251 e. The summed E-state index contributed by atoms with van der Waals surface area (Å²) in [6.45, 7) is 1.48. The molecule has 0 bridgehead atoms. The SMILES string of the molecule is [NH3+]CCC(=O)NCCCNC(=O)c1ccc2oc3ccccc3c(=O)c2c1. The Balaban J connectivity index is 1.67. The summed E-state index contributed by atoms with van der Waals surface area (Å²) in [5.74, 6) is -0.307. The minimum Gasteiger partial charge on any atom is -0.456 e. The molecule has 7 nitrogen and oxygen atoms in total. The van der Waals surface area contributed by atoms with Gasteiger partial charge < -0.3 is 20.8 Å². The van der Waals surface area contributed by atoms with E-state index in [9.17, 15) is 14.4 Å². The van der Waals surface area contributed by atoms with Gasteiger partial charge >= 0.3 is 0 Å². The van der Waals surface area contributed by atoms with E-state index in [-0.39, 0.29) is 17.2 Å². The third-order valence-electron chi connectivity index (χ3n) is 4.20. The Labute approximate surface area is 155 Å². The van der Waals surface area contributed by atoms with Crippen LogP contribution in [0.2, 0.25) is 0 Å². The summed E-state index contributed by atoms with van der Waals surface area (Å²) in [5, 5.41) is 6.42. The van der Waals surface area contributed by atoms with Gasteiger partial charge in [0.15, 0.2) is 0 Å². The van der Waals surface area contributed by atoms with Crippen LogP contribution in [0.15, 0.2) is 51.7 Å². The summed E-state index contributed by atoms with van der Waals surface area (Å²) in [4.78, 5) is 36.3. The summed E-state index contributed by atoms with van der Waals surface area (Å²) in [5.41, 5.74) is 4.83. The molecule has 0 atom stereocenters. The zero-order valence-electron chi connectivity index (χ0n) is 14.9. The van der Waals surface area contributed by atoms with Gasteiger partial charge in [0.05, 0.1) is 23.7 Å². The lowest BCUT2D eigenvalue weighted by Gasteiger charge is -2.07. The van der Waals surface area contributed by atoms with Gasteiger partial charge in [-0.15, -0.1) is 0 Å². The zero-order chi connectivity index (χ0) is 19.2. The Morgan fingerprint density at radius 1 is 0.963 bits per heavy atom. The first-order valence-electron chi connectivity index (χ1n) is 8.90. The zero-order valence-corrected chi connectivity index (χ0v) is 14.9. The minimum absolute atomic E-state index is 0.0372. The van der Waals surface area contributed by atoms with Crippen molar-refractivity contribution >= 4 is 33.8 Å². The second-order valence-electron chi connectivity index (χ2n) is 6.20. The van der Waals surface area contributed by atoms with Gasteiger partial charge in [-0.2, -0.15) is 0 Å². The number of quaternary nitrogens is 1. The monoisotopic (exact) mass is 368 g/mol. The Morgan fingerprint density at radius 3 is 2.52 bits per heavy atom. The molecule has 1 aromatic heterocycles. The molecule has 2 aromatic carbocycles. The molecule has 0 unspecified atom stereocenters. The molecule has 0 radical (unpaired) electrons. The highest BCUT2D eigenvalue weighted by atomic mass is 16.3. The van der Waals surface area contributed by atoms with Crippen LogP contribution in [0.5, 0.6) is 0 Å². The highest BCUT2D eigenvalue weighted by Gasteiger charge is 2.11. The molecule has 0 fully saturated rings. The Kier molecular flexibility index (Phi) is 5.83. The first kappa shape index (κ1) is 18.6. The third-order valence-corrected chi connectivity index (χ3v) is 4.20. The van der Waals surface area contributed by atoms with E-state index in [4.69, 9.17) is 4.42 Å². The fourth-order valence-corrected chi connectivity index (χ4v) is 2.81. The minimum atomic E-state index is -0.270. The van der Waals surface area contributed by atoms with Gasteiger partial charge in [-0.25, -0.2) is 0 Å². The van der Waals surface area contributed by atoms with Crippen LogP contribution in [-0.4, -0.2) is 31.4 Å². The second kappa shape index (κ2) is 8.46. The number of nitrogens with one attached hydrogen (secondary N) is 2. The van der Waals surface area contributed by atoms with Crippen molar-refractivity contribution in [3.8, 4) is 0 Å². The number of carbonyl (C=O) groups excluding carboxylic acids is 2. The van der Waals surface area contributed by atoms with E-state index in [1.54, 1.807) is 42.5 Å².